The SMILES string of the molecule is COc1cc(-c2ccccc2)sc1C(=O)N1CC(OC)CC1CC(=O)O. The first-order valence-electron chi connectivity index (χ1n) is 8.32. The molecule has 1 fully saturated rings. The number of carbonyl (C=O) groups is 2. The van der Waals surface area contributed by atoms with Gasteiger partial charge < -0.3 is 19.5 Å². The van der Waals surface area contributed by atoms with Crippen molar-refractivity contribution in [3.05, 3.63) is 41.3 Å². The Balaban J connectivity index is 1.91. The summed E-state index contributed by atoms with van der Waals surface area (Å²) in [5, 5.41) is 9.16. The van der Waals surface area contributed by atoms with E-state index in [4.69, 9.17) is 14.6 Å². The highest BCUT2D eigenvalue weighted by atomic mass is 32.1. The Bertz CT molecular complexity index is 788. The second kappa shape index (κ2) is 7.88. The normalized spacial score (nSPS) is 19.5. The predicted octanol–water partition coefficient (Wildman–Crippen LogP) is 3.13. The maximum Gasteiger partial charge on any atom is 0.305 e. The Morgan fingerprint density at radius 3 is 2.62 bits per heavy atom. The Morgan fingerprint density at radius 2 is 2.00 bits per heavy atom. The Kier molecular flexibility index (Phi) is 5.58. The molecule has 0 aliphatic carbocycles. The second-order valence-electron chi connectivity index (χ2n) is 6.18. The highest BCUT2D eigenvalue weighted by Crippen LogP contribution is 2.38. The van der Waals surface area contributed by atoms with Crippen LogP contribution in [0.3, 0.4) is 0 Å². The summed E-state index contributed by atoms with van der Waals surface area (Å²) in [5.74, 6) is -0.624. The number of nitrogens with zero attached hydrogens (tertiary/aromatic N) is 1. The molecule has 1 aliphatic heterocycles. The van der Waals surface area contributed by atoms with Crippen LogP contribution in [0, 0.1) is 0 Å². The topological polar surface area (TPSA) is 76.1 Å². The lowest BCUT2D eigenvalue weighted by atomic mass is 10.1. The van der Waals surface area contributed by atoms with Crippen LogP contribution >= 0.6 is 11.3 Å². The monoisotopic (exact) mass is 375 g/mol. The molecule has 0 radical (unpaired) electrons. The van der Waals surface area contributed by atoms with Crippen molar-refractivity contribution in [3.63, 3.8) is 0 Å². The van der Waals surface area contributed by atoms with E-state index in [2.05, 4.69) is 0 Å². The summed E-state index contributed by atoms with van der Waals surface area (Å²) in [6, 6.07) is 11.2. The summed E-state index contributed by atoms with van der Waals surface area (Å²) >= 11 is 1.36. The van der Waals surface area contributed by atoms with E-state index >= 15 is 0 Å². The van der Waals surface area contributed by atoms with Crippen LogP contribution in [0.15, 0.2) is 36.4 Å². The molecular formula is C19H21NO5S. The van der Waals surface area contributed by atoms with Crippen LogP contribution in [0.25, 0.3) is 10.4 Å². The number of hydrogen-bond donors (Lipinski definition) is 1. The zero-order chi connectivity index (χ0) is 18.7. The van der Waals surface area contributed by atoms with Crippen LogP contribution in [0.5, 0.6) is 5.75 Å². The number of hydrogen-bond acceptors (Lipinski definition) is 5. The summed E-state index contributed by atoms with van der Waals surface area (Å²) < 4.78 is 10.8. The summed E-state index contributed by atoms with van der Waals surface area (Å²) in [4.78, 5) is 27.3. The first kappa shape index (κ1) is 18.4. The molecule has 3 rings (SSSR count). The second-order valence-corrected chi connectivity index (χ2v) is 7.23. The smallest absolute Gasteiger partial charge is 0.305 e. The average molecular weight is 375 g/mol. The quantitative estimate of drug-likeness (QED) is 0.839. The number of thiophene rings is 1. The van der Waals surface area contributed by atoms with Gasteiger partial charge in [-0.2, -0.15) is 0 Å². The van der Waals surface area contributed by atoms with Gasteiger partial charge in [0.25, 0.3) is 5.91 Å². The molecule has 7 heteroatoms. The number of rotatable bonds is 6. The van der Waals surface area contributed by atoms with Gasteiger partial charge in [-0.15, -0.1) is 11.3 Å². The number of carboxylic acid groups (broad SMARTS) is 1. The molecule has 1 amide bonds. The van der Waals surface area contributed by atoms with Gasteiger partial charge in [0.05, 0.1) is 19.6 Å². The van der Waals surface area contributed by atoms with E-state index in [9.17, 15) is 9.59 Å². The molecule has 0 spiro atoms. The molecule has 26 heavy (non-hydrogen) atoms. The van der Waals surface area contributed by atoms with Gasteiger partial charge in [-0.05, 0) is 18.1 Å². The van der Waals surface area contributed by atoms with Gasteiger partial charge in [0.1, 0.15) is 10.6 Å². The summed E-state index contributed by atoms with van der Waals surface area (Å²) in [6.07, 6.45) is 0.279. The van der Waals surface area contributed by atoms with E-state index < -0.39 is 5.97 Å². The number of amides is 1. The van der Waals surface area contributed by atoms with Gasteiger partial charge >= 0.3 is 5.97 Å². The van der Waals surface area contributed by atoms with Gasteiger partial charge in [-0.25, -0.2) is 0 Å². The molecule has 1 saturated heterocycles. The highest BCUT2D eigenvalue weighted by molar-refractivity contribution is 7.17. The van der Waals surface area contributed by atoms with E-state index in [1.54, 1.807) is 12.0 Å². The molecule has 1 aromatic carbocycles. The molecule has 6 nitrogen and oxygen atoms in total. The molecule has 138 valence electrons. The fraction of sp³-hybridized carbons (Fsp3) is 0.368. The van der Waals surface area contributed by atoms with Gasteiger partial charge in [-0.3, -0.25) is 9.59 Å². The standard InChI is InChI=1S/C19H21NO5S/c1-24-14-8-13(9-17(21)22)20(11-14)19(23)18-15(25-2)10-16(26-18)12-6-4-3-5-7-12/h3-7,10,13-14H,8-9,11H2,1-2H3,(H,21,22). The van der Waals surface area contributed by atoms with Crippen molar-refractivity contribution in [2.75, 3.05) is 20.8 Å². The first-order chi connectivity index (χ1) is 12.5. The third-order valence-electron chi connectivity index (χ3n) is 4.55. The fourth-order valence-electron chi connectivity index (χ4n) is 3.24. The lowest BCUT2D eigenvalue weighted by Crippen LogP contribution is -2.37. The number of benzene rings is 1. The van der Waals surface area contributed by atoms with Crippen LogP contribution in [-0.2, 0) is 9.53 Å². The number of ether oxygens (including phenoxy) is 2. The molecular weight excluding hydrogens is 354 g/mol. The van der Waals surface area contributed by atoms with Crippen molar-refractivity contribution in [1.82, 2.24) is 4.90 Å². The maximum atomic E-state index is 13.1. The van der Waals surface area contributed by atoms with Gasteiger partial charge in [0, 0.05) is 24.6 Å². The van der Waals surface area contributed by atoms with Crippen LogP contribution in [0.2, 0.25) is 0 Å². The summed E-state index contributed by atoms with van der Waals surface area (Å²) in [5.41, 5.74) is 1.01. The molecule has 2 atom stereocenters. The highest BCUT2D eigenvalue weighted by Gasteiger charge is 2.38. The van der Waals surface area contributed by atoms with E-state index in [-0.39, 0.29) is 24.5 Å². The van der Waals surface area contributed by atoms with Crippen molar-refractivity contribution in [3.8, 4) is 16.2 Å². The van der Waals surface area contributed by atoms with Crippen LogP contribution in [0.4, 0.5) is 0 Å². The molecule has 1 aromatic heterocycles. The van der Waals surface area contributed by atoms with Gasteiger partial charge in [-0.1, -0.05) is 30.3 Å². The molecule has 1 N–H and O–H groups in total. The lowest BCUT2D eigenvalue weighted by Gasteiger charge is -2.22. The van der Waals surface area contributed by atoms with Crippen LogP contribution in [0.1, 0.15) is 22.5 Å². The van der Waals surface area contributed by atoms with Crippen molar-refractivity contribution in [2.45, 2.75) is 25.0 Å². The van der Waals surface area contributed by atoms with Crippen LogP contribution in [-0.4, -0.2) is 54.8 Å². The van der Waals surface area contributed by atoms with Gasteiger partial charge in [0.15, 0.2) is 0 Å². The number of carbonyl (C=O) groups excluding carboxylic acids is 1. The number of carboxylic acids is 1. The third-order valence-corrected chi connectivity index (χ3v) is 5.70. The lowest BCUT2D eigenvalue weighted by molar-refractivity contribution is -0.137. The third kappa shape index (κ3) is 3.73. The Labute approximate surface area is 156 Å². The van der Waals surface area contributed by atoms with E-state index in [0.29, 0.717) is 23.6 Å². The van der Waals surface area contributed by atoms with Crippen LogP contribution < -0.4 is 4.74 Å². The zero-order valence-corrected chi connectivity index (χ0v) is 15.5. The summed E-state index contributed by atoms with van der Waals surface area (Å²) in [6.45, 7) is 0.384. The van der Waals surface area contributed by atoms with Crippen molar-refractivity contribution in [1.29, 1.82) is 0 Å². The number of likely N-dealkylation sites (tertiary alicyclic amines) is 1. The molecule has 2 aromatic rings. The minimum absolute atomic E-state index is 0.0924. The average Bonchev–Trinajstić information content (AvgIpc) is 3.25. The fourth-order valence-corrected chi connectivity index (χ4v) is 4.33. The van der Waals surface area contributed by atoms with Crippen molar-refractivity contribution < 1.29 is 24.2 Å². The molecule has 2 unspecified atom stereocenters. The molecule has 0 bridgehead atoms. The predicted molar refractivity (Wildman–Crippen MR) is 98.8 cm³/mol. The molecule has 1 aliphatic rings. The molecule has 0 saturated carbocycles. The maximum absolute atomic E-state index is 13.1. The van der Waals surface area contributed by atoms with E-state index in [1.807, 2.05) is 36.4 Å². The minimum atomic E-state index is -0.923. The largest absolute Gasteiger partial charge is 0.495 e. The number of aliphatic carboxylic acids is 1. The van der Waals surface area contributed by atoms with Gasteiger partial charge in [0.2, 0.25) is 0 Å². The number of methoxy groups -OCH3 is 2. The molecule has 2 heterocycles. The Morgan fingerprint density at radius 1 is 1.27 bits per heavy atom. The first-order valence-corrected chi connectivity index (χ1v) is 9.14. The minimum Gasteiger partial charge on any atom is -0.495 e. The van der Waals surface area contributed by atoms with Crippen molar-refractivity contribution >= 4 is 23.2 Å². The van der Waals surface area contributed by atoms with E-state index in [0.717, 1.165) is 10.4 Å². The summed E-state index contributed by atoms with van der Waals surface area (Å²) in [7, 11) is 3.11. The van der Waals surface area contributed by atoms with Crippen molar-refractivity contribution in [2.24, 2.45) is 0 Å². The zero-order valence-electron chi connectivity index (χ0n) is 14.7. The van der Waals surface area contributed by atoms with E-state index in [1.165, 1.54) is 18.4 Å². The Hall–Kier alpha value is -2.38.